The van der Waals surface area contributed by atoms with Gasteiger partial charge in [0.25, 0.3) is 0 Å². The van der Waals surface area contributed by atoms with E-state index in [9.17, 15) is 9.50 Å². The Hall–Kier alpha value is -2.56. The summed E-state index contributed by atoms with van der Waals surface area (Å²) in [5.74, 6) is 0.162. The van der Waals surface area contributed by atoms with Gasteiger partial charge in [0.2, 0.25) is 0 Å². The molecule has 0 aliphatic heterocycles. The van der Waals surface area contributed by atoms with Gasteiger partial charge in [0.1, 0.15) is 5.82 Å². The zero-order valence-electron chi connectivity index (χ0n) is 10.3. The van der Waals surface area contributed by atoms with Crippen LogP contribution in [0.5, 0.6) is 11.5 Å². The van der Waals surface area contributed by atoms with Crippen molar-refractivity contribution in [2.45, 2.75) is 0 Å². The molecule has 0 aliphatic carbocycles. The molecule has 0 atom stereocenters. The van der Waals surface area contributed by atoms with Crippen LogP contribution in [0.15, 0.2) is 47.6 Å². The number of benzene rings is 2. The number of phenolic OH excluding ortho intramolecular Hbond substituents is 1. The highest BCUT2D eigenvalue weighted by atomic mass is 19.1. The fourth-order valence-corrected chi connectivity index (χ4v) is 1.48. The van der Waals surface area contributed by atoms with Crippen LogP contribution in [-0.4, -0.2) is 18.4 Å². The number of nitrogens with one attached hydrogen (secondary N) is 1. The van der Waals surface area contributed by atoms with E-state index in [2.05, 4.69) is 10.5 Å². The lowest BCUT2D eigenvalue weighted by atomic mass is 10.2. The van der Waals surface area contributed by atoms with Gasteiger partial charge in [-0.3, -0.25) is 5.43 Å². The van der Waals surface area contributed by atoms with E-state index >= 15 is 0 Å². The zero-order chi connectivity index (χ0) is 13.7. The molecule has 98 valence electrons. The van der Waals surface area contributed by atoms with Gasteiger partial charge in [0, 0.05) is 0 Å². The van der Waals surface area contributed by atoms with Gasteiger partial charge in [0.15, 0.2) is 11.5 Å². The lowest BCUT2D eigenvalue weighted by Crippen LogP contribution is -1.91. The fraction of sp³-hybridized carbons (Fsp3) is 0.0714. The molecule has 0 aromatic heterocycles. The van der Waals surface area contributed by atoms with Crippen LogP contribution in [0.1, 0.15) is 5.56 Å². The average Bonchev–Trinajstić information content (AvgIpc) is 2.43. The third-order valence-corrected chi connectivity index (χ3v) is 2.46. The van der Waals surface area contributed by atoms with Crippen LogP contribution in [0, 0.1) is 5.82 Å². The molecule has 0 radical (unpaired) electrons. The molecule has 0 aliphatic rings. The van der Waals surface area contributed by atoms with E-state index in [0.717, 1.165) is 5.56 Å². The average molecular weight is 260 g/mol. The van der Waals surface area contributed by atoms with E-state index in [1.165, 1.54) is 25.3 Å². The predicted octanol–water partition coefficient (Wildman–Crippen LogP) is 2.99. The highest BCUT2D eigenvalue weighted by molar-refractivity contribution is 5.81. The Balaban J connectivity index is 2.04. The minimum absolute atomic E-state index is 0.0751. The van der Waals surface area contributed by atoms with Crippen molar-refractivity contribution in [2.75, 3.05) is 12.5 Å². The second-order valence-corrected chi connectivity index (χ2v) is 3.81. The third-order valence-electron chi connectivity index (χ3n) is 2.46. The van der Waals surface area contributed by atoms with Crippen molar-refractivity contribution in [2.24, 2.45) is 5.10 Å². The largest absolute Gasteiger partial charge is 0.504 e. The summed E-state index contributed by atoms with van der Waals surface area (Å²) in [5.41, 5.74) is 4.22. The molecule has 0 spiro atoms. The molecule has 0 fully saturated rings. The summed E-state index contributed by atoms with van der Waals surface area (Å²) in [5, 5.41) is 13.5. The van der Waals surface area contributed by atoms with Crippen molar-refractivity contribution in [1.82, 2.24) is 0 Å². The number of methoxy groups -OCH3 is 1. The van der Waals surface area contributed by atoms with E-state index in [1.807, 2.05) is 0 Å². The molecule has 5 heteroatoms. The number of hydrogen-bond acceptors (Lipinski definition) is 4. The number of hydrogen-bond donors (Lipinski definition) is 2. The van der Waals surface area contributed by atoms with E-state index in [-0.39, 0.29) is 11.6 Å². The van der Waals surface area contributed by atoms with Gasteiger partial charge in [-0.1, -0.05) is 0 Å². The van der Waals surface area contributed by atoms with Crippen molar-refractivity contribution in [3.63, 3.8) is 0 Å². The molecule has 0 heterocycles. The lowest BCUT2D eigenvalue weighted by Gasteiger charge is -2.03. The van der Waals surface area contributed by atoms with Crippen molar-refractivity contribution < 1.29 is 14.2 Å². The number of rotatable bonds is 4. The Bertz CT molecular complexity index is 582. The first-order valence-corrected chi connectivity index (χ1v) is 5.60. The second-order valence-electron chi connectivity index (χ2n) is 3.81. The number of anilines is 1. The fourth-order valence-electron chi connectivity index (χ4n) is 1.48. The Kier molecular flexibility index (Phi) is 3.97. The molecular formula is C14H13FN2O2. The topological polar surface area (TPSA) is 53.8 Å². The first-order valence-electron chi connectivity index (χ1n) is 5.60. The van der Waals surface area contributed by atoms with Crippen molar-refractivity contribution in [3.05, 3.63) is 53.8 Å². The van der Waals surface area contributed by atoms with Gasteiger partial charge in [0.05, 0.1) is 19.0 Å². The molecular weight excluding hydrogens is 247 g/mol. The normalized spacial score (nSPS) is 10.6. The molecule has 19 heavy (non-hydrogen) atoms. The Labute approximate surface area is 110 Å². The summed E-state index contributed by atoms with van der Waals surface area (Å²) in [6.07, 6.45) is 1.57. The summed E-state index contributed by atoms with van der Waals surface area (Å²) in [4.78, 5) is 0. The van der Waals surface area contributed by atoms with Crippen molar-refractivity contribution in [1.29, 1.82) is 0 Å². The maximum absolute atomic E-state index is 12.7. The first-order chi connectivity index (χ1) is 9.19. The molecule has 2 rings (SSSR count). The maximum Gasteiger partial charge on any atom is 0.161 e. The Morgan fingerprint density at radius 3 is 2.63 bits per heavy atom. The number of ether oxygens (including phenoxy) is 1. The van der Waals surface area contributed by atoms with Crippen LogP contribution in [0.3, 0.4) is 0 Å². The van der Waals surface area contributed by atoms with Crippen LogP contribution < -0.4 is 10.2 Å². The summed E-state index contributed by atoms with van der Waals surface area (Å²) in [7, 11) is 1.48. The smallest absolute Gasteiger partial charge is 0.161 e. The van der Waals surface area contributed by atoms with Gasteiger partial charge >= 0.3 is 0 Å². The second kappa shape index (κ2) is 5.86. The van der Waals surface area contributed by atoms with Crippen LogP contribution >= 0.6 is 0 Å². The Morgan fingerprint density at radius 2 is 1.95 bits per heavy atom. The number of phenols is 1. The van der Waals surface area contributed by atoms with Gasteiger partial charge in [-0.2, -0.15) is 5.10 Å². The van der Waals surface area contributed by atoms with E-state index in [1.54, 1.807) is 30.5 Å². The van der Waals surface area contributed by atoms with E-state index < -0.39 is 0 Å². The molecule has 0 saturated heterocycles. The maximum atomic E-state index is 12.7. The number of hydrazone groups is 1. The minimum atomic E-state index is -0.294. The molecule has 4 nitrogen and oxygen atoms in total. The van der Waals surface area contributed by atoms with Gasteiger partial charge in [-0.25, -0.2) is 4.39 Å². The first kappa shape index (κ1) is 12.9. The molecule has 0 bridgehead atoms. The third kappa shape index (κ3) is 3.45. The van der Waals surface area contributed by atoms with Gasteiger partial charge in [-0.05, 0) is 48.0 Å². The molecule has 0 amide bonds. The van der Waals surface area contributed by atoms with Crippen molar-refractivity contribution in [3.8, 4) is 11.5 Å². The standard InChI is InChI=1S/C14H13FN2O2/c1-19-14-8-10(2-7-13(14)18)9-16-17-12-5-3-11(15)4-6-12/h2-9,17-18H,1H3. The summed E-state index contributed by atoms with van der Waals surface area (Å²) >= 11 is 0. The molecule has 0 saturated carbocycles. The molecule has 2 aromatic rings. The van der Waals surface area contributed by atoms with Gasteiger partial charge < -0.3 is 9.84 Å². The van der Waals surface area contributed by atoms with Crippen LogP contribution in [-0.2, 0) is 0 Å². The SMILES string of the molecule is COc1cc(C=NNc2ccc(F)cc2)ccc1O. The summed E-state index contributed by atoms with van der Waals surface area (Å²) < 4.78 is 17.7. The van der Waals surface area contributed by atoms with Gasteiger partial charge in [-0.15, -0.1) is 0 Å². The molecule has 0 unspecified atom stereocenters. The van der Waals surface area contributed by atoms with E-state index in [0.29, 0.717) is 11.4 Å². The minimum Gasteiger partial charge on any atom is -0.504 e. The number of nitrogens with zero attached hydrogens (tertiary/aromatic N) is 1. The number of halogens is 1. The zero-order valence-corrected chi connectivity index (χ0v) is 10.3. The van der Waals surface area contributed by atoms with Crippen LogP contribution in [0.2, 0.25) is 0 Å². The summed E-state index contributed by atoms with van der Waals surface area (Å²) in [6.45, 7) is 0. The number of aromatic hydroxyl groups is 1. The highest BCUT2D eigenvalue weighted by Crippen LogP contribution is 2.25. The Morgan fingerprint density at radius 1 is 1.21 bits per heavy atom. The van der Waals surface area contributed by atoms with Crippen LogP contribution in [0.4, 0.5) is 10.1 Å². The highest BCUT2D eigenvalue weighted by Gasteiger charge is 2.00. The molecule has 2 aromatic carbocycles. The quantitative estimate of drug-likeness (QED) is 0.656. The summed E-state index contributed by atoms with van der Waals surface area (Å²) in [6, 6.07) is 10.8. The van der Waals surface area contributed by atoms with Crippen molar-refractivity contribution >= 4 is 11.9 Å². The lowest BCUT2D eigenvalue weighted by molar-refractivity contribution is 0.373. The molecule has 2 N–H and O–H groups in total. The predicted molar refractivity (Wildman–Crippen MR) is 72.3 cm³/mol. The van der Waals surface area contributed by atoms with Crippen LogP contribution in [0.25, 0.3) is 0 Å². The monoisotopic (exact) mass is 260 g/mol. The van der Waals surface area contributed by atoms with E-state index in [4.69, 9.17) is 4.74 Å².